The summed E-state index contributed by atoms with van der Waals surface area (Å²) >= 11 is 0. The summed E-state index contributed by atoms with van der Waals surface area (Å²) in [6.45, 7) is 5.12. The van der Waals surface area contributed by atoms with Gasteiger partial charge in [0.25, 0.3) is 0 Å². The van der Waals surface area contributed by atoms with Crippen molar-refractivity contribution in [3.05, 3.63) is 60.2 Å². The Balaban J connectivity index is 2.13. The Morgan fingerprint density at radius 3 is 2.10 bits per heavy atom. The SMILES string of the molecule is CC(C)CNC(C#N)c1ccc(-c2ccccc2)cc1. The molecule has 0 saturated heterocycles. The Morgan fingerprint density at radius 2 is 1.55 bits per heavy atom. The highest BCUT2D eigenvalue weighted by Gasteiger charge is 2.10. The molecule has 20 heavy (non-hydrogen) atoms. The Kier molecular flexibility index (Phi) is 4.92. The molecule has 1 atom stereocenters. The molecule has 0 radical (unpaired) electrons. The van der Waals surface area contributed by atoms with Crippen LogP contribution in [0.4, 0.5) is 0 Å². The molecule has 0 heterocycles. The van der Waals surface area contributed by atoms with Gasteiger partial charge in [-0.25, -0.2) is 0 Å². The van der Waals surface area contributed by atoms with E-state index in [1.165, 1.54) is 11.1 Å². The second kappa shape index (κ2) is 6.88. The topological polar surface area (TPSA) is 35.8 Å². The Morgan fingerprint density at radius 1 is 0.950 bits per heavy atom. The van der Waals surface area contributed by atoms with Crippen LogP contribution in [0.2, 0.25) is 0 Å². The highest BCUT2D eigenvalue weighted by Crippen LogP contribution is 2.21. The molecule has 1 unspecified atom stereocenters. The summed E-state index contributed by atoms with van der Waals surface area (Å²) in [5, 5.41) is 12.5. The van der Waals surface area contributed by atoms with E-state index in [2.05, 4.69) is 49.5 Å². The van der Waals surface area contributed by atoms with Gasteiger partial charge in [-0.3, -0.25) is 5.32 Å². The smallest absolute Gasteiger partial charge is 0.121 e. The Labute approximate surface area is 121 Å². The molecule has 2 heteroatoms. The molecule has 0 bridgehead atoms. The molecule has 0 aliphatic carbocycles. The summed E-state index contributed by atoms with van der Waals surface area (Å²) < 4.78 is 0. The van der Waals surface area contributed by atoms with E-state index in [9.17, 15) is 5.26 Å². The lowest BCUT2D eigenvalue weighted by Gasteiger charge is -2.14. The van der Waals surface area contributed by atoms with Gasteiger partial charge in [-0.1, -0.05) is 68.4 Å². The minimum absolute atomic E-state index is 0.234. The van der Waals surface area contributed by atoms with E-state index >= 15 is 0 Å². The predicted molar refractivity (Wildman–Crippen MR) is 83.1 cm³/mol. The van der Waals surface area contributed by atoms with Gasteiger partial charge in [-0.2, -0.15) is 5.26 Å². The first kappa shape index (κ1) is 14.3. The van der Waals surface area contributed by atoms with Crippen molar-refractivity contribution in [3.63, 3.8) is 0 Å². The first-order valence-electron chi connectivity index (χ1n) is 6.99. The lowest BCUT2D eigenvalue weighted by molar-refractivity contribution is 0.525. The minimum atomic E-state index is -0.234. The number of nitrogens with zero attached hydrogens (tertiary/aromatic N) is 1. The third kappa shape index (κ3) is 3.69. The maximum atomic E-state index is 9.27. The lowest BCUT2D eigenvalue weighted by atomic mass is 10.0. The summed E-state index contributed by atoms with van der Waals surface area (Å²) in [7, 11) is 0. The molecule has 2 rings (SSSR count). The zero-order chi connectivity index (χ0) is 14.4. The zero-order valence-corrected chi connectivity index (χ0v) is 12.0. The van der Waals surface area contributed by atoms with Crippen molar-refractivity contribution >= 4 is 0 Å². The molecule has 0 amide bonds. The van der Waals surface area contributed by atoms with Crippen LogP contribution in [0.5, 0.6) is 0 Å². The molecule has 2 nitrogen and oxygen atoms in total. The van der Waals surface area contributed by atoms with Gasteiger partial charge >= 0.3 is 0 Å². The molecule has 1 N–H and O–H groups in total. The zero-order valence-electron chi connectivity index (χ0n) is 12.0. The second-order valence-electron chi connectivity index (χ2n) is 5.35. The fourth-order valence-electron chi connectivity index (χ4n) is 2.09. The number of nitriles is 1. The summed E-state index contributed by atoms with van der Waals surface area (Å²) in [5.74, 6) is 0.537. The normalized spacial score (nSPS) is 12.1. The van der Waals surface area contributed by atoms with Crippen molar-refractivity contribution in [1.29, 1.82) is 5.26 Å². The largest absolute Gasteiger partial charge is 0.298 e. The maximum absolute atomic E-state index is 9.27. The van der Waals surface area contributed by atoms with Crippen molar-refractivity contribution < 1.29 is 0 Å². The van der Waals surface area contributed by atoms with Gasteiger partial charge in [0.2, 0.25) is 0 Å². The van der Waals surface area contributed by atoms with E-state index in [0.717, 1.165) is 12.1 Å². The van der Waals surface area contributed by atoms with E-state index < -0.39 is 0 Å². The van der Waals surface area contributed by atoms with Crippen LogP contribution in [0, 0.1) is 17.2 Å². The van der Waals surface area contributed by atoms with Crippen LogP contribution in [0.1, 0.15) is 25.5 Å². The van der Waals surface area contributed by atoms with Crippen molar-refractivity contribution in [2.24, 2.45) is 5.92 Å². The molecule has 0 aliphatic heterocycles. The van der Waals surface area contributed by atoms with Crippen LogP contribution in [0.15, 0.2) is 54.6 Å². The van der Waals surface area contributed by atoms with E-state index in [1.54, 1.807) is 0 Å². The van der Waals surface area contributed by atoms with Crippen molar-refractivity contribution in [2.45, 2.75) is 19.9 Å². The van der Waals surface area contributed by atoms with E-state index in [-0.39, 0.29) is 6.04 Å². The van der Waals surface area contributed by atoms with Gasteiger partial charge in [0.1, 0.15) is 6.04 Å². The van der Waals surface area contributed by atoms with E-state index in [4.69, 9.17) is 0 Å². The van der Waals surface area contributed by atoms with Crippen molar-refractivity contribution in [3.8, 4) is 17.2 Å². The van der Waals surface area contributed by atoms with Crippen molar-refractivity contribution in [2.75, 3.05) is 6.54 Å². The average molecular weight is 264 g/mol. The second-order valence-corrected chi connectivity index (χ2v) is 5.35. The Hall–Kier alpha value is -2.11. The first-order valence-corrected chi connectivity index (χ1v) is 6.99. The average Bonchev–Trinajstić information content (AvgIpc) is 2.49. The highest BCUT2D eigenvalue weighted by atomic mass is 14.9. The minimum Gasteiger partial charge on any atom is -0.298 e. The van der Waals surface area contributed by atoms with Crippen LogP contribution >= 0.6 is 0 Å². The predicted octanol–water partition coefficient (Wildman–Crippen LogP) is 4.16. The standard InChI is InChI=1S/C18H20N2/c1-14(2)13-20-18(12-19)17-10-8-16(9-11-17)15-6-4-3-5-7-15/h3-11,14,18,20H,13H2,1-2H3. The number of hydrogen-bond acceptors (Lipinski definition) is 2. The lowest BCUT2D eigenvalue weighted by Crippen LogP contribution is -2.24. The van der Waals surface area contributed by atoms with Gasteiger partial charge < -0.3 is 0 Å². The van der Waals surface area contributed by atoms with Crippen molar-refractivity contribution in [1.82, 2.24) is 5.32 Å². The quantitative estimate of drug-likeness (QED) is 0.880. The Bertz CT molecular complexity index is 565. The van der Waals surface area contributed by atoms with Gasteiger partial charge in [0.15, 0.2) is 0 Å². The number of benzene rings is 2. The molecule has 0 fully saturated rings. The monoisotopic (exact) mass is 264 g/mol. The number of rotatable bonds is 5. The van der Waals surface area contributed by atoms with Crippen LogP contribution in [-0.2, 0) is 0 Å². The van der Waals surface area contributed by atoms with Crippen LogP contribution in [-0.4, -0.2) is 6.54 Å². The molecule has 102 valence electrons. The third-order valence-corrected chi connectivity index (χ3v) is 3.21. The summed E-state index contributed by atoms with van der Waals surface area (Å²) in [6, 6.07) is 20.6. The third-order valence-electron chi connectivity index (χ3n) is 3.21. The van der Waals surface area contributed by atoms with Crippen LogP contribution < -0.4 is 5.32 Å². The molecule has 2 aromatic carbocycles. The number of nitrogens with one attached hydrogen (secondary N) is 1. The van der Waals surface area contributed by atoms with E-state index in [1.807, 2.05) is 30.3 Å². The van der Waals surface area contributed by atoms with Gasteiger partial charge in [0.05, 0.1) is 6.07 Å². The summed E-state index contributed by atoms with van der Waals surface area (Å²) in [5.41, 5.74) is 3.39. The molecule has 0 saturated carbocycles. The number of hydrogen-bond donors (Lipinski definition) is 1. The van der Waals surface area contributed by atoms with Gasteiger partial charge in [0, 0.05) is 0 Å². The summed E-state index contributed by atoms with van der Waals surface area (Å²) in [6.07, 6.45) is 0. The molecular weight excluding hydrogens is 244 g/mol. The van der Waals surface area contributed by atoms with Crippen LogP contribution in [0.3, 0.4) is 0 Å². The molecule has 2 aromatic rings. The highest BCUT2D eigenvalue weighted by molar-refractivity contribution is 5.63. The first-order chi connectivity index (χ1) is 9.70. The molecule has 0 aliphatic rings. The summed E-state index contributed by atoms with van der Waals surface area (Å²) in [4.78, 5) is 0. The molecular formula is C18H20N2. The van der Waals surface area contributed by atoms with E-state index in [0.29, 0.717) is 5.92 Å². The fraction of sp³-hybridized carbons (Fsp3) is 0.278. The fourth-order valence-corrected chi connectivity index (χ4v) is 2.09. The molecule has 0 spiro atoms. The molecule has 0 aromatic heterocycles. The maximum Gasteiger partial charge on any atom is 0.121 e. The van der Waals surface area contributed by atoms with Gasteiger partial charge in [-0.05, 0) is 29.2 Å². The van der Waals surface area contributed by atoms with Crippen LogP contribution in [0.25, 0.3) is 11.1 Å². The van der Waals surface area contributed by atoms with Gasteiger partial charge in [-0.15, -0.1) is 0 Å².